The normalized spacial score (nSPS) is 12.4. The minimum absolute atomic E-state index is 0.314. The van der Waals surface area contributed by atoms with Crippen LogP contribution >= 0.6 is 11.6 Å². The first-order valence-corrected chi connectivity index (χ1v) is 10.5. The smallest absolute Gasteiger partial charge is 0.333 e. The van der Waals surface area contributed by atoms with Crippen molar-refractivity contribution in [1.82, 2.24) is 0 Å². The Morgan fingerprint density at radius 1 is 1.00 bits per heavy atom. The molecule has 0 amide bonds. The van der Waals surface area contributed by atoms with Crippen molar-refractivity contribution in [3.05, 3.63) is 107 Å². The zero-order chi connectivity index (χ0) is 22.1. The Bertz CT molecular complexity index is 1010. The van der Waals surface area contributed by atoms with E-state index in [9.17, 15) is 9.90 Å². The summed E-state index contributed by atoms with van der Waals surface area (Å²) in [5, 5.41) is 9.91. The van der Waals surface area contributed by atoms with Gasteiger partial charge in [0.25, 0.3) is 0 Å². The van der Waals surface area contributed by atoms with Crippen LogP contribution in [0.15, 0.2) is 84.9 Å². The van der Waals surface area contributed by atoms with E-state index < -0.39 is 12.1 Å². The third-order valence-corrected chi connectivity index (χ3v) is 5.10. The maximum atomic E-state index is 11.3. The van der Waals surface area contributed by atoms with Crippen LogP contribution in [0.3, 0.4) is 0 Å². The molecule has 4 nitrogen and oxygen atoms in total. The Labute approximate surface area is 187 Å². The van der Waals surface area contributed by atoms with Crippen LogP contribution in [0, 0.1) is 0 Å². The topological polar surface area (TPSA) is 55.8 Å². The SMILES string of the molecule is CCOC(Cc1ccc(OCC=C(c2ccccc2)c2ccccc2Cl)cc1)C(=O)O. The van der Waals surface area contributed by atoms with Gasteiger partial charge in [-0.2, -0.15) is 0 Å². The molecule has 0 bridgehead atoms. The van der Waals surface area contributed by atoms with E-state index in [0.29, 0.717) is 30.4 Å². The lowest BCUT2D eigenvalue weighted by Gasteiger charge is -2.13. The van der Waals surface area contributed by atoms with Gasteiger partial charge in [-0.3, -0.25) is 0 Å². The number of halogens is 1. The standard InChI is InChI=1S/C26H25ClO4/c1-2-30-25(26(28)29)18-19-12-14-21(15-13-19)31-17-16-22(20-8-4-3-5-9-20)23-10-6-7-11-24(23)27/h3-16,25H,2,17-18H2,1H3,(H,28,29). The fourth-order valence-electron chi connectivity index (χ4n) is 3.26. The molecule has 0 saturated heterocycles. The average Bonchev–Trinajstić information content (AvgIpc) is 2.79. The fourth-order valence-corrected chi connectivity index (χ4v) is 3.49. The summed E-state index contributed by atoms with van der Waals surface area (Å²) in [4.78, 5) is 11.3. The summed E-state index contributed by atoms with van der Waals surface area (Å²) in [6, 6.07) is 25.2. The second-order valence-electron chi connectivity index (χ2n) is 6.90. The molecule has 160 valence electrons. The number of hydrogen-bond donors (Lipinski definition) is 1. The van der Waals surface area contributed by atoms with Crippen molar-refractivity contribution in [1.29, 1.82) is 0 Å². The summed E-state index contributed by atoms with van der Waals surface area (Å²) >= 11 is 6.43. The van der Waals surface area contributed by atoms with Crippen LogP contribution in [0.5, 0.6) is 5.75 Å². The van der Waals surface area contributed by atoms with E-state index in [1.54, 1.807) is 6.92 Å². The van der Waals surface area contributed by atoms with Crippen LogP contribution in [-0.2, 0) is 16.0 Å². The quantitative estimate of drug-likeness (QED) is 0.431. The van der Waals surface area contributed by atoms with Gasteiger partial charge in [0.15, 0.2) is 6.10 Å². The number of hydrogen-bond acceptors (Lipinski definition) is 3. The lowest BCUT2D eigenvalue weighted by molar-refractivity contribution is -0.149. The number of rotatable bonds is 10. The van der Waals surface area contributed by atoms with Gasteiger partial charge in [0.2, 0.25) is 0 Å². The molecular weight excluding hydrogens is 412 g/mol. The minimum atomic E-state index is -0.958. The second kappa shape index (κ2) is 11.3. The summed E-state index contributed by atoms with van der Waals surface area (Å²) in [6.07, 6.45) is 1.48. The highest BCUT2D eigenvalue weighted by Crippen LogP contribution is 2.29. The first kappa shape index (κ1) is 22.6. The average molecular weight is 437 g/mol. The van der Waals surface area contributed by atoms with E-state index in [2.05, 4.69) is 0 Å². The molecule has 0 fully saturated rings. The molecule has 0 heterocycles. The summed E-state index contributed by atoms with van der Waals surface area (Å²) in [5.74, 6) is -0.254. The largest absolute Gasteiger partial charge is 0.490 e. The Kier molecular flexibility index (Phi) is 8.27. The van der Waals surface area contributed by atoms with Crippen molar-refractivity contribution in [2.75, 3.05) is 13.2 Å². The Hall–Kier alpha value is -3.08. The number of carbonyl (C=O) groups is 1. The Morgan fingerprint density at radius 2 is 1.68 bits per heavy atom. The molecule has 0 aliphatic heterocycles. The fraction of sp³-hybridized carbons (Fsp3) is 0.192. The molecule has 0 saturated carbocycles. The molecule has 1 atom stereocenters. The van der Waals surface area contributed by atoms with Crippen molar-refractivity contribution in [3.63, 3.8) is 0 Å². The van der Waals surface area contributed by atoms with Crippen LogP contribution in [0.1, 0.15) is 23.6 Å². The molecule has 0 spiro atoms. The first-order chi connectivity index (χ1) is 15.1. The van der Waals surface area contributed by atoms with Gasteiger partial charge < -0.3 is 14.6 Å². The molecule has 0 aliphatic carbocycles. The van der Waals surface area contributed by atoms with Crippen molar-refractivity contribution >= 4 is 23.1 Å². The molecule has 0 aliphatic rings. The summed E-state index contributed by atoms with van der Waals surface area (Å²) in [6.45, 7) is 2.51. The second-order valence-corrected chi connectivity index (χ2v) is 7.31. The van der Waals surface area contributed by atoms with E-state index in [0.717, 1.165) is 22.3 Å². The maximum absolute atomic E-state index is 11.3. The zero-order valence-corrected chi connectivity index (χ0v) is 18.1. The third-order valence-electron chi connectivity index (χ3n) is 4.77. The van der Waals surface area contributed by atoms with Crippen LogP contribution < -0.4 is 4.74 Å². The molecule has 31 heavy (non-hydrogen) atoms. The first-order valence-electron chi connectivity index (χ1n) is 10.1. The van der Waals surface area contributed by atoms with Gasteiger partial charge in [-0.15, -0.1) is 0 Å². The molecule has 1 unspecified atom stereocenters. The highest BCUT2D eigenvalue weighted by atomic mass is 35.5. The van der Waals surface area contributed by atoms with Gasteiger partial charge in [0, 0.05) is 23.6 Å². The summed E-state index contributed by atoms with van der Waals surface area (Å²) in [7, 11) is 0. The molecule has 1 N–H and O–H groups in total. The lowest BCUT2D eigenvalue weighted by Crippen LogP contribution is -2.26. The number of ether oxygens (including phenoxy) is 2. The highest BCUT2D eigenvalue weighted by Gasteiger charge is 2.17. The van der Waals surface area contributed by atoms with Crippen LogP contribution in [-0.4, -0.2) is 30.4 Å². The number of benzene rings is 3. The predicted molar refractivity (Wildman–Crippen MR) is 124 cm³/mol. The summed E-state index contributed by atoms with van der Waals surface area (Å²) in [5.41, 5.74) is 3.89. The summed E-state index contributed by atoms with van der Waals surface area (Å²) < 4.78 is 11.2. The van der Waals surface area contributed by atoms with Crippen LogP contribution in [0.4, 0.5) is 0 Å². The molecule has 3 aromatic rings. The van der Waals surface area contributed by atoms with Crippen molar-refractivity contribution in [2.24, 2.45) is 0 Å². The number of aliphatic carboxylic acids is 1. The van der Waals surface area contributed by atoms with E-state index in [1.807, 2.05) is 84.9 Å². The Balaban J connectivity index is 1.71. The van der Waals surface area contributed by atoms with Crippen molar-refractivity contribution in [3.8, 4) is 5.75 Å². The predicted octanol–water partition coefficient (Wildman–Crippen LogP) is 5.88. The molecular formula is C26H25ClO4. The maximum Gasteiger partial charge on any atom is 0.333 e. The molecule has 5 heteroatoms. The monoisotopic (exact) mass is 436 g/mol. The van der Waals surface area contributed by atoms with Gasteiger partial charge >= 0.3 is 5.97 Å². The van der Waals surface area contributed by atoms with Gasteiger partial charge in [-0.1, -0.05) is 72.3 Å². The molecule has 0 radical (unpaired) electrons. The highest BCUT2D eigenvalue weighted by molar-refractivity contribution is 6.32. The van der Waals surface area contributed by atoms with Gasteiger partial charge in [0.1, 0.15) is 12.4 Å². The lowest BCUT2D eigenvalue weighted by atomic mass is 9.97. The van der Waals surface area contributed by atoms with E-state index in [1.165, 1.54) is 0 Å². The van der Waals surface area contributed by atoms with Crippen molar-refractivity contribution in [2.45, 2.75) is 19.4 Å². The molecule has 3 aromatic carbocycles. The third kappa shape index (κ3) is 6.45. The van der Waals surface area contributed by atoms with Crippen LogP contribution in [0.25, 0.3) is 5.57 Å². The van der Waals surface area contributed by atoms with E-state index >= 15 is 0 Å². The minimum Gasteiger partial charge on any atom is -0.490 e. The zero-order valence-electron chi connectivity index (χ0n) is 17.3. The molecule has 0 aromatic heterocycles. The van der Waals surface area contributed by atoms with Gasteiger partial charge in [-0.05, 0) is 47.9 Å². The van der Waals surface area contributed by atoms with Crippen molar-refractivity contribution < 1.29 is 19.4 Å². The van der Waals surface area contributed by atoms with Gasteiger partial charge in [0.05, 0.1) is 0 Å². The molecule has 3 rings (SSSR count). The number of carboxylic acids is 1. The Morgan fingerprint density at radius 3 is 2.32 bits per heavy atom. The van der Waals surface area contributed by atoms with Crippen LogP contribution in [0.2, 0.25) is 5.02 Å². The van der Waals surface area contributed by atoms with Gasteiger partial charge in [-0.25, -0.2) is 4.79 Å². The van der Waals surface area contributed by atoms with E-state index in [4.69, 9.17) is 21.1 Å². The number of carboxylic acid groups (broad SMARTS) is 1. The van der Waals surface area contributed by atoms with E-state index in [-0.39, 0.29) is 0 Å².